The van der Waals surface area contributed by atoms with Crippen LogP contribution >= 0.6 is 0 Å². The van der Waals surface area contributed by atoms with Crippen LogP contribution in [0.5, 0.6) is 11.5 Å². The molecule has 1 atom stereocenters. The van der Waals surface area contributed by atoms with E-state index in [-0.39, 0.29) is 5.92 Å². The number of fused-ring (bicyclic) bond motifs is 1. The van der Waals surface area contributed by atoms with Gasteiger partial charge in [-0.3, -0.25) is 0 Å². The largest absolute Gasteiger partial charge is 0.486 e. The Labute approximate surface area is 119 Å². The maximum absolute atomic E-state index is 6.01. The van der Waals surface area contributed by atoms with Crippen molar-refractivity contribution < 1.29 is 9.47 Å². The standard InChI is InChI=1S/C17H19NO2/c1-12-9-16-17(20-8-7-19-16)10-14(12)15(11-18)13-5-3-2-4-6-13/h2-6,9-10,15H,7-8,11,18H2,1H3. The summed E-state index contributed by atoms with van der Waals surface area (Å²) in [7, 11) is 0. The van der Waals surface area contributed by atoms with Crippen molar-refractivity contribution in [3.8, 4) is 11.5 Å². The first-order chi connectivity index (χ1) is 9.79. The SMILES string of the molecule is Cc1cc2c(cc1C(CN)c1ccccc1)OCCO2. The lowest BCUT2D eigenvalue weighted by atomic mass is 9.88. The Morgan fingerprint density at radius 3 is 2.35 bits per heavy atom. The molecule has 3 heteroatoms. The molecular weight excluding hydrogens is 250 g/mol. The van der Waals surface area contributed by atoms with E-state index in [0.29, 0.717) is 19.8 Å². The van der Waals surface area contributed by atoms with Gasteiger partial charge in [-0.05, 0) is 35.7 Å². The van der Waals surface area contributed by atoms with Crippen molar-refractivity contribution in [1.29, 1.82) is 0 Å². The highest BCUT2D eigenvalue weighted by atomic mass is 16.6. The van der Waals surface area contributed by atoms with Crippen LogP contribution in [0.15, 0.2) is 42.5 Å². The molecule has 0 saturated carbocycles. The van der Waals surface area contributed by atoms with Gasteiger partial charge in [0.2, 0.25) is 0 Å². The van der Waals surface area contributed by atoms with Crippen LogP contribution in [0.25, 0.3) is 0 Å². The minimum atomic E-state index is 0.187. The van der Waals surface area contributed by atoms with Gasteiger partial charge in [-0.2, -0.15) is 0 Å². The van der Waals surface area contributed by atoms with Gasteiger partial charge in [-0.1, -0.05) is 30.3 Å². The molecule has 1 unspecified atom stereocenters. The highest BCUT2D eigenvalue weighted by molar-refractivity contribution is 5.51. The molecule has 0 radical (unpaired) electrons. The van der Waals surface area contributed by atoms with Crippen molar-refractivity contribution in [3.63, 3.8) is 0 Å². The number of benzene rings is 2. The fraction of sp³-hybridized carbons (Fsp3) is 0.294. The Morgan fingerprint density at radius 2 is 1.70 bits per heavy atom. The van der Waals surface area contributed by atoms with E-state index in [0.717, 1.165) is 11.5 Å². The minimum Gasteiger partial charge on any atom is -0.486 e. The zero-order valence-electron chi connectivity index (χ0n) is 11.6. The number of aryl methyl sites for hydroxylation is 1. The summed E-state index contributed by atoms with van der Waals surface area (Å²) in [4.78, 5) is 0. The summed E-state index contributed by atoms with van der Waals surface area (Å²) in [5.41, 5.74) is 9.64. The van der Waals surface area contributed by atoms with E-state index in [4.69, 9.17) is 15.2 Å². The average Bonchev–Trinajstić information content (AvgIpc) is 2.49. The van der Waals surface area contributed by atoms with Gasteiger partial charge < -0.3 is 15.2 Å². The molecule has 3 rings (SSSR count). The molecule has 2 aromatic rings. The second-order valence-electron chi connectivity index (χ2n) is 5.05. The molecule has 1 aliphatic rings. The highest BCUT2D eigenvalue weighted by Crippen LogP contribution is 2.37. The molecule has 0 aliphatic carbocycles. The molecule has 0 aromatic heterocycles. The third kappa shape index (κ3) is 2.37. The molecule has 0 bridgehead atoms. The van der Waals surface area contributed by atoms with Crippen LogP contribution in [0.3, 0.4) is 0 Å². The number of rotatable bonds is 3. The van der Waals surface area contributed by atoms with E-state index in [1.807, 2.05) is 18.2 Å². The van der Waals surface area contributed by atoms with Crippen molar-refractivity contribution in [3.05, 3.63) is 59.2 Å². The predicted molar refractivity (Wildman–Crippen MR) is 79.5 cm³/mol. The number of hydrogen-bond acceptors (Lipinski definition) is 3. The molecule has 1 aliphatic heterocycles. The monoisotopic (exact) mass is 269 g/mol. The van der Waals surface area contributed by atoms with Gasteiger partial charge in [0.1, 0.15) is 13.2 Å². The summed E-state index contributed by atoms with van der Waals surface area (Å²) in [5.74, 6) is 1.85. The first-order valence-corrected chi connectivity index (χ1v) is 6.94. The summed E-state index contributed by atoms with van der Waals surface area (Å²) in [6.45, 7) is 3.89. The van der Waals surface area contributed by atoms with Gasteiger partial charge >= 0.3 is 0 Å². The zero-order chi connectivity index (χ0) is 13.9. The van der Waals surface area contributed by atoms with Crippen molar-refractivity contribution in [2.45, 2.75) is 12.8 Å². The van der Waals surface area contributed by atoms with E-state index in [9.17, 15) is 0 Å². The van der Waals surface area contributed by atoms with Crippen LogP contribution in [0.1, 0.15) is 22.6 Å². The van der Waals surface area contributed by atoms with Gasteiger partial charge in [0, 0.05) is 12.5 Å². The van der Waals surface area contributed by atoms with Gasteiger partial charge in [-0.25, -0.2) is 0 Å². The van der Waals surface area contributed by atoms with E-state index < -0.39 is 0 Å². The molecule has 1 heterocycles. The van der Waals surface area contributed by atoms with Crippen molar-refractivity contribution in [1.82, 2.24) is 0 Å². The second-order valence-corrected chi connectivity index (χ2v) is 5.05. The molecule has 0 fully saturated rings. The van der Waals surface area contributed by atoms with Crippen molar-refractivity contribution >= 4 is 0 Å². The number of hydrogen-bond donors (Lipinski definition) is 1. The Morgan fingerprint density at radius 1 is 1.05 bits per heavy atom. The van der Waals surface area contributed by atoms with Crippen LogP contribution < -0.4 is 15.2 Å². The Kier molecular flexibility index (Phi) is 3.61. The normalized spacial score (nSPS) is 14.9. The average molecular weight is 269 g/mol. The van der Waals surface area contributed by atoms with E-state index in [1.54, 1.807) is 0 Å². The molecule has 0 amide bonds. The highest BCUT2D eigenvalue weighted by Gasteiger charge is 2.20. The van der Waals surface area contributed by atoms with Crippen LogP contribution in [-0.4, -0.2) is 19.8 Å². The summed E-state index contributed by atoms with van der Waals surface area (Å²) >= 11 is 0. The summed E-state index contributed by atoms with van der Waals surface area (Å²) in [5, 5.41) is 0. The van der Waals surface area contributed by atoms with Crippen molar-refractivity contribution in [2.75, 3.05) is 19.8 Å². The van der Waals surface area contributed by atoms with E-state index in [1.165, 1.54) is 16.7 Å². The number of ether oxygens (including phenoxy) is 2. The molecule has 104 valence electrons. The first-order valence-electron chi connectivity index (χ1n) is 6.94. The van der Waals surface area contributed by atoms with Crippen molar-refractivity contribution in [2.24, 2.45) is 5.73 Å². The fourth-order valence-electron chi connectivity index (χ4n) is 2.71. The molecule has 3 nitrogen and oxygen atoms in total. The lowest BCUT2D eigenvalue weighted by Crippen LogP contribution is -2.18. The first kappa shape index (κ1) is 13.0. The van der Waals surface area contributed by atoms with Crippen LogP contribution in [0, 0.1) is 6.92 Å². The van der Waals surface area contributed by atoms with Gasteiger partial charge in [0.15, 0.2) is 11.5 Å². The second kappa shape index (κ2) is 5.55. The topological polar surface area (TPSA) is 44.5 Å². The number of nitrogens with two attached hydrogens (primary N) is 1. The van der Waals surface area contributed by atoms with Crippen LogP contribution in [-0.2, 0) is 0 Å². The summed E-state index contributed by atoms with van der Waals surface area (Å²) in [6, 6.07) is 14.5. The van der Waals surface area contributed by atoms with E-state index >= 15 is 0 Å². The van der Waals surface area contributed by atoms with Gasteiger partial charge in [0.25, 0.3) is 0 Å². The summed E-state index contributed by atoms with van der Waals surface area (Å²) < 4.78 is 11.3. The molecule has 0 saturated heterocycles. The third-order valence-electron chi connectivity index (χ3n) is 3.74. The molecule has 2 N–H and O–H groups in total. The molecule has 0 spiro atoms. The smallest absolute Gasteiger partial charge is 0.161 e. The zero-order valence-corrected chi connectivity index (χ0v) is 11.6. The van der Waals surface area contributed by atoms with Crippen LogP contribution in [0.4, 0.5) is 0 Å². The summed E-state index contributed by atoms with van der Waals surface area (Å²) in [6.07, 6.45) is 0. The third-order valence-corrected chi connectivity index (χ3v) is 3.74. The maximum Gasteiger partial charge on any atom is 0.161 e. The Hall–Kier alpha value is -2.00. The molecule has 2 aromatic carbocycles. The fourth-order valence-corrected chi connectivity index (χ4v) is 2.71. The minimum absolute atomic E-state index is 0.187. The van der Waals surface area contributed by atoms with E-state index in [2.05, 4.69) is 31.2 Å². The predicted octanol–water partition coefficient (Wildman–Crippen LogP) is 2.86. The lowest BCUT2D eigenvalue weighted by molar-refractivity contribution is 0.171. The molecular formula is C17H19NO2. The Bertz CT molecular complexity index is 595. The van der Waals surface area contributed by atoms with Crippen LogP contribution in [0.2, 0.25) is 0 Å². The molecule has 20 heavy (non-hydrogen) atoms. The Balaban J connectivity index is 2.04. The van der Waals surface area contributed by atoms with Gasteiger partial charge in [0.05, 0.1) is 0 Å². The maximum atomic E-state index is 6.01. The van der Waals surface area contributed by atoms with Gasteiger partial charge in [-0.15, -0.1) is 0 Å². The lowest BCUT2D eigenvalue weighted by Gasteiger charge is -2.24. The quantitative estimate of drug-likeness (QED) is 0.932.